The first-order valence-corrected chi connectivity index (χ1v) is 7.21. The minimum absolute atomic E-state index is 0.00283. The maximum absolute atomic E-state index is 12.1. The topological polar surface area (TPSA) is 78.6 Å². The highest BCUT2D eigenvalue weighted by atomic mass is 16.3. The van der Waals surface area contributed by atoms with E-state index in [2.05, 4.69) is 10.2 Å². The molecule has 0 spiro atoms. The van der Waals surface area contributed by atoms with Gasteiger partial charge in [-0.25, -0.2) is 0 Å². The number of hydrogen-bond donors (Lipinski definition) is 3. The van der Waals surface area contributed by atoms with Gasteiger partial charge in [-0.15, -0.1) is 0 Å². The molecule has 2 heterocycles. The molecule has 1 aromatic rings. The predicted molar refractivity (Wildman–Crippen MR) is 78.2 cm³/mol. The highest BCUT2D eigenvalue weighted by Crippen LogP contribution is 2.35. The van der Waals surface area contributed by atoms with Gasteiger partial charge >= 0.3 is 0 Å². The summed E-state index contributed by atoms with van der Waals surface area (Å²) in [5.74, 6) is 0.00283. The molecule has 4 N–H and O–H groups in total. The summed E-state index contributed by atoms with van der Waals surface area (Å²) in [7, 11) is 0. The number of amides is 1. The number of aliphatic hydroxyl groups excluding tert-OH is 1. The van der Waals surface area contributed by atoms with Gasteiger partial charge in [0.1, 0.15) is 0 Å². The summed E-state index contributed by atoms with van der Waals surface area (Å²) in [6.45, 7) is 0.409. The molecule has 5 nitrogen and oxygen atoms in total. The van der Waals surface area contributed by atoms with Gasteiger partial charge < -0.3 is 16.2 Å². The summed E-state index contributed by atoms with van der Waals surface area (Å²) in [6.07, 6.45) is 3.59. The largest absolute Gasteiger partial charge is 0.399 e. The second kappa shape index (κ2) is 5.42. The molecule has 0 aromatic heterocycles. The molecule has 108 valence electrons. The van der Waals surface area contributed by atoms with Crippen LogP contribution in [0.5, 0.6) is 0 Å². The number of nitrogens with two attached hydrogens (primary N) is 1. The third kappa shape index (κ3) is 2.78. The van der Waals surface area contributed by atoms with Crippen molar-refractivity contribution >= 4 is 17.3 Å². The van der Waals surface area contributed by atoms with Gasteiger partial charge in [0.2, 0.25) is 5.91 Å². The highest BCUT2D eigenvalue weighted by Gasteiger charge is 2.40. The molecule has 20 heavy (non-hydrogen) atoms. The molecule has 1 amide bonds. The molecular formula is C15H21N3O2. The first-order valence-electron chi connectivity index (χ1n) is 7.21. The number of aliphatic hydroxyl groups is 1. The van der Waals surface area contributed by atoms with E-state index in [9.17, 15) is 9.90 Å². The smallest absolute Gasteiger partial charge is 0.238 e. The number of benzene rings is 1. The van der Waals surface area contributed by atoms with Crippen LogP contribution >= 0.6 is 0 Å². The van der Waals surface area contributed by atoms with Crippen molar-refractivity contribution in [1.82, 2.24) is 4.90 Å². The van der Waals surface area contributed by atoms with Gasteiger partial charge in [-0.2, -0.15) is 0 Å². The first-order chi connectivity index (χ1) is 9.61. The number of nitrogens with one attached hydrogen (secondary N) is 1. The van der Waals surface area contributed by atoms with E-state index in [0.717, 1.165) is 31.4 Å². The Hall–Kier alpha value is -1.59. The van der Waals surface area contributed by atoms with Gasteiger partial charge in [-0.05, 0) is 49.9 Å². The molecule has 5 heteroatoms. The molecule has 1 aromatic carbocycles. The monoisotopic (exact) mass is 275 g/mol. The van der Waals surface area contributed by atoms with Crippen LogP contribution in [0.2, 0.25) is 0 Å². The van der Waals surface area contributed by atoms with Crippen molar-refractivity contribution in [2.75, 3.05) is 17.6 Å². The van der Waals surface area contributed by atoms with Gasteiger partial charge in [0.15, 0.2) is 0 Å². The third-order valence-corrected chi connectivity index (χ3v) is 4.38. The summed E-state index contributed by atoms with van der Waals surface area (Å²) >= 11 is 0. The SMILES string of the molecule is Nc1ccc(NC(=O)CN2C3CCC2CC(O)C3)cc1. The van der Waals surface area contributed by atoms with Crippen LogP contribution in [0.3, 0.4) is 0 Å². The quantitative estimate of drug-likeness (QED) is 0.724. The van der Waals surface area contributed by atoms with Crippen LogP contribution in [0.25, 0.3) is 0 Å². The standard InChI is InChI=1S/C15H21N3O2/c16-10-1-3-11(4-2-10)17-15(20)9-18-12-5-6-13(18)8-14(19)7-12/h1-4,12-14,19H,5-9,16H2,(H,17,20). The first kappa shape index (κ1) is 13.4. The van der Waals surface area contributed by atoms with Gasteiger partial charge in [-0.1, -0.05) is 0 Å². The summed E-state index contributed by atoms with van der Waals surface area (Å²) in [6, 6.07) is 7.89. The minimum Gasteiger partial charge on any atom is -0.399 e. The normalized spacial score (nSPS) is 29.4. The number of carbonyl (C=O) groups excluding carboxylic acids is 1. The molecule has 2 saturated heterocycles. The molecule has 2 aliphatic rings. The lowest BCUT2D eigenvalue weighted by atomic mass is 10.00. The second-order valence-corrected chi connectivity index (χ2v) is 5.85. The van der Waals surface area contributed by atoms with Gasteiger partial charge in [-0.3, -0.25) is 9.69 Å². The zero-order chi connectivity index (χ0) is 14.1. The van der Waals surface area contributed by atoms with Crippen LogP contribution in [0.1, 0.15) is 25.7 Å². The second-order valence-electron chi connectivity index (χ2n) is 5.85. The highest BCUT2D eigenvalue weighted by molar-refractivity contribution is 5.92. The van der Waals surface area contributed by atoms with E-state index in [0.29, 0.717) is 24.3 Å². The number of nitrogen functional groups attached to an aromatic ring is 1. The molecule has 0 radical (unpaired) electrons. The Morgan fingerprint density at radius 2 is 1.85 bits per heavy atom. The lowest BCUT2D eigenvalue weighted by Crippen LogP contribution is -2.47. The number of hydrogen-bond acceptors (Lipinski definition) is 4. The number of rotatable bonds is 3. The lowest BCUT2D eigenvalue weighted by Gasteiger charge is -2.36. The minimum atomic E-state index is -0.191. The molecule has 2 fully saturated rings. The maximum atomic E-state index is 12.1. The van der Waals surface area contributed by atoms with Crippen LogP contribution in [0.15, 0.2) is 24.3 Å². The van der Waals surface area contributed by atoms with E-state index in [4.69, 9.17) is 5.73 Å². The molecule has 2 aliphatic heterocycles. The summed E-state index contributed by atoms with van der Waals surface area (Å²) < 4.78 is 0. The Morgan fingerprint density at radius 3 is 2.45 bits per heavy atom. The summed E-state index contributed by atoms with van der Waals surface area (Å²) in [5.41, 5.74) is 7.08. The van der Waals surface area contributed by atoms with Crippen molar-refractivity contribution in [2.45, 2.75) is 43.9 Å². The van der Waals surface area contributed by atoms with E-state index in [1.54, 1.807) is 12.1 Å². The number of piperidine rings is 1. The number of carbonyl (C=O) groups is 1. The number of fused-ring (bicyclic) bond motifs is 2. The molecular weight excluding hydrogens is 254 g/mol. The van der Waals surface area contributed by atoms with Crippen molar-refractivity contribution < 1.29 is 9.90 Å². The van der Waals surface area contributed by atoms with Crippen LogP contribution in [0, 0.1) is 0 Å². The Bertz CT molecular complexity index is 474. The molecule has 2 bridgehead atoms. The van der Waals surface area contributed by atoms with Crippen LogP contribution in [-0.4, -0.2) is 40.6 Å². The Balaban J connectivity index is 1.58. The average molecular weight is 275 g/mol. The van der Waals surface area contributed by atoms with Crippen LogP contribution in [0.4, 0.5) is 11.4 Å². The third-order valence-electron chi connectivity index (χ3n) is 4.38. The molecule has 2 unspecified atom stereocenters. The van der Waals surface area contributed by atoms with Gasteiger partial charge in [0.25, 0.3) is 0 Å². The van der Waals surface area contributed by atoms with Crippen molar-refractivity contribution in [3.05, 3.63) is 24.3 Å². The molecule has 2 atom stereocenters. The van der Waals surface area contributed by atoms with Crippen molar-refractivity contribution in [1.29, 1.82) is 0 Å². The average Bonchev–Trinajstić information content (AvgIpc) is 2.65. The predicted octanol–water partition coefficient (Wildman–Crippen LogP) is 1.19. The van der Waals surface area contributed by atoms with Gasteiger partial charge in [0, 0.05) is 23.5 Å². The van der Waals surface area contributed by atoms with Crippen molar-refractivity contribution in [3.63, 3.8) is 0 Å². The number of anilines is 2. The van der Waals surface area contributed by atoms with E-state index >= 15 is 0 Å². The Kier molecular flexibility index (Phi) is 3.63. The maximum Gasteiger partial charge on any atom is 0.238 e. The van der Waals surface area contributed by atoms with E-state index in [1.165, 1.54) is 0 Å². The molecule has 3 rings (SSSR count). The fourth-order valence-electron chi connectivity index (χ4n) is 3.44. The Labute approximate surface area is 118 Å². The van der Waals surface area contributed by atoms with Gasteiger partial charge in [0.05, 0.1) is 12.6 Å². The summed E-state index contributed by atoms with van der Waals surface area (Å²) in [4.78, 5) is 14.4. The van der Waals surface area contributed by atoms with E-state index in [-0.39, 0.29) is 12.0 Å². The van der Waals surface area contributed by atoms with E-state index in [1.807, 2.05) is 12.1 Å². The zero-order valence-electron chi connectivity index (χ0n) is 11.5. The fourth-order valence-corrected chi connectivity index (χ4v) is 3.44. The molecule has 0 aliphatic carbocycles. The van der Waals surface area contributed by atoms with Crippen molar-refractivity contribution in [3.8, 4) is 0 Å². The number of nitrogens with zero attached hydrogens (tertiary/aromatic N) is 1. The van der Waals surface area contributed by atoms with E-state index < -0.39 is 0 Å². The molecule has 0 saturated carbocycles. The Morgan fingerprint density at radius 1 is 1.25 bits per heavy atom. The van der Waals surface area contributed by atoms with Crippen molar-refractivity contribution in [2.24, 2.45) is 0 Å². The van der Waals surface area contributed by atoms with Crippen LogP contribution < -0.4 is 11.1 Å². The fraction of sp³-hybridized carbons (Fsp3) is 0.533. The zero-order valence-corrected chi connectivity index (χ0v) is 11.5. The lowest BCUT2D eigenvalue weighted by molar-refractivity contribution is -0.119. The summed E-state index contributed by atoms with van der Waals surface area (Å²) in [5, 5.41) is 12.7. The van der Waals surface area contributed by atoms with Crippen LogP contribution in [-0.2, 0) is 4.79 Å².